The van der Waals surface area contributed by atoms with Crippen LogP contribution in [0.2, 0.25) is 0 Å². The normalized spacial score (nSPS) is 15.0. The van der Waals surface area contributed by atoms with Crippen LogP contribution in [-0.4, -0.2) is 18.4 Å². The third-order valence-corrected chi connectivity index (χ3v) is 4.48. The number of rotatable bonds is 6. The number of Topliss-reactive ketones (excluding diaryl/α,β-unsaturated/α-hetero) is 1. The molecule has 1 aromatic heterocycles. The second kappa shape index (κ2) is 7.42. The van der Waals surface area contributed by atoms with Crippen LogP contribution < -0.4 is 15.8 Å². The Morgan fingerprint density at radius 2 is 2.08 bits per heavy atom. The summed E-state index contributed by atoms with van der Waals surface area (Å²) in [6.07, 6.45) is 6.56. The molecule has 1 heterocycles. The number of carbonyl (C=O) groups excluding carboxylic acids is 2. The van der Waals surface area contributed by atoms with Crippen molar-refractivity contribution in [1.29, 1.82) is 0 Å². The van der Waals surface area contributed by atoms with Crippen molar-refractivity contribution < 1.29 is 18.7 Å². The molecule has 25 heavy (non-hydrogen) atoms. The predicted molar refractivity (Wildman–Crippen MR) is 96.0 cm³/mol. The van der Waals surface area contributed by atoms with Gasteiger partial charge in [-0.1, -0.05) is 31.9 Å². The van der Waals surface area contributed by atoms with Crippen molar-refractivity contribution in [3.63, 3.8) is 0 Å². The van der Waals surface area contributed by atoms with Gasteiger partial charge in [-0.2, -0.15) is 0 Å². The molecule has 0 saturated heterocycles. The zero-order valence-electron chi connectivity index (χ0n) is 14.0. The fourth-order valence-corrected chi connectivity index (χ4v) is 3.29. The molecule has 132 valence electrons. The van der Waals surface area contributed by atoms with E-state index in [0.717, 1.165) is 32.1 Å². The zero-order valence-corrected chi connectivity index (χ0v) is 14.0. The van der Waals surface area contributed by atoms with Gasteiger partial charge in [0, 0.05) is 17.4 Å². The van der Waals surface area contributed by atoms with Gasteiger partial charge in [-0.15, -0.1) is 0 Å². The number of ether oxygens (including phenoxy) is 1. The first kappa shape index (κ1) is 17.1. The molecular weight excluding hydrogens is 320 g/mol. The van der Waals surface area contributed by atoms with Gasteiger partial charge in [-0.25, -0.2) is 4.79 Å². The lowest BCUT2D eigenvalue weighted by Gasteiger charge is -2.19. The van der Waals surface area contributed by atoms with Crippen LogP contribution in [0.3, 0.4) is 0 Å². The topological polar surface area (TPSA) is 94.6 Å². The van der Waals surface area contributed by atoms with E-state index in [4.69, 9.17) is 14.9 Å². The van der Waals surface area contributed by atoms with Crippen LogP contribution in [0.15, 0.2) is 35.3 Å². The van der Waals surface area contributed by atoms with Gasteiger partial charge >= 0.3 is 6.03 Å². The van der Waals surface area contributed by atoms with E-state index in [-0.39, 0.29) is 17.5 Å². The Kier molecular flexibility index (Phi) is 5.07. The molecule has 6 heteroatoms. The lowest BCUT2D eigenvalue weighted by atomic mass is 9.85. The van der Waals surface area contributed by atoms with Crippen molar-refractivity contribution in [2.24, 2.45) is 11.7 Å². The number of anilines is 1. The number of nitrogens with two attached hydrogens (primary N) is 1. The van der Waals surface area contributed by atoms with Gasteiger partial charge in [0.05, 0.1) is 0 Å². The highest BCUT2D eigenvalue weighted by atomic mass is 16.5. The molecule has 2 amide bonds. The molecule has 0 radical (unpaired) electrons. The molecule has 1 aliphatic carbocycles. The maximum absolute atomic E-state index is 12.9. The average molecular weight is 342 g/mol. The summed E-state index contributed by atoms with van der Waals surface area (Å²) in [5.74, 6) is 0.623. The number of urea groups is 1. The highest BCUT2D eigenvalue weighted by Gasteiger charge is 2.29. The molecule has 0 bridgehead atoms. The van der Waals surface area contributed by atoms with Crippen molar-refractivity contribution in [2.75, 3.05) is 11.9 Å². The van der Waals surface area contributed by atoms with Gasteiger partial charge in [-0.3, -0.25) is 4.79 Å². The molecule has 2 aromatic rings. The molecule has 6 nitrogen and oxygen atoms in total. The summed E-state index contributed by atoms with van der Waals surface area (Å²) >= 11 is 0. The Bertz CT molecular complexity index is 803. The molecule has 1 aliphatic rings. The molecule has 3 rings (SSSR count). The smallest absolute Gasteiger partial charge is 0.316 e. The quantitative estimate of drug-likeness (QED) is 0.606. The highest BCUT2D eigenvalue weighted by molar-refractivity contribution is 6.11. The number of carbonyl (C=O) groups is 2. The van der Waals surface area contributed by atoms with E-state index >= 15 is 0 Å². The van der Waals surface area contributed by atoms with Crippen LogP contribution >= 0.6 is 0 Å². The summed E-state index contributed by atoms with van der Waals surface area (Å²) in [6.45, 7) is 3.98. The lowest BCUT2D eigenvalue weighted by molar-refractivity contribution is 0.0864. The molecular formula is C19H22N2O4. The Morgan fingerprint density at radius 3 is 2.76 bits per heavy atom. The van der Waals surface area contributed by atoms with Crippen LogP contribution in [0.25, 0.3) is 11.0 Å². The van der Waals surface area contributed by atoms with Crippen molar-refractivity contribution in [1.82, 2.24) is 0 Å². The number of primary amides is 1. The number of ketones is 1. The van der Waals surface area contributed by atoms with E-state index in [1.54, 1.807) is 24.3 Å². The van der Waals surface area contributed by atoms with Crippen molar-refractivity contribution in [3.05, 3.63) is 36.6 Å². The van der Waals surface area contributed by atoms with E-state index < -0.39 is 6.03 Å². The maximum Gasteiger partial charge on any atom is 0.316 e. The van der Waals surface area contributed by atoms with E-state index in [2.05, 4.69) is 11.9 Å². The first-order valence-corrected chi connectivity index (χ1v) is 8.51. The third kappa shape index (κ3) is 3.68. The molecule has 1 aromatic carbocycles. The molecule has 0 aliphatic heterocycles. The second-order valence-corrected chi connectivity index (χ2v) is 6.25. The molecule has 0 atom stereocenters. The average Bonchev–Trinajstić information content (AvgIpc) is 2.97. The van der Waals surface area contributed by atoms with Gasteiger partial charge in [0.1, 0.15) is 23.6 Å². The molecule has 0 unspecified atom stereocenters. The van der Waals surface area contributed by atoms with Gasteiger partial charge in [-0.05, 0) is 25.0 Å². The largest absolute Gasteiger partial charge is 0.489 e. The van der Waals surface area contributed by atoms with Crippen molar-refractivity contribution in [3.8, 4) is 5.75 Å². The Balaban J connectivity index is 2.00. The summed E-state index contributed by atoms with van der Waals surface area (Å²) < 4.78 is 11.3. The van der Waals surface area contributed by atoms with E-state index in [0.29, 0.717) is 29.0 Å². The predicted octanol–water partition coefficient (Wildman–Crippen LogP) is 4.25. The number of nitrogens with one attached hydrogen (secondary N) is 1. The third-order valence-electron chi connectivity index (χ3n) is 4.48. The van der Waals surface area contributed by atoms with Crippen molar-refractivity contribution >= 4 is 28.5 Å². The number of amides is 2. The molecule has 3 N–H and O–H groups in total. The summed E-state index contributed by atoms with van der Waals surface area (Å²) in [4.78, 5) is 24.3. The number of fused-ring (bicyclic) bond motifs is 1. The fourth-order valence-electron chi connectivity index (χ4n) is 3.29. The monoisotopic (exact) mass is 342 g/mol. The minimum absolute atomic E-state index is 0.0702. The van der Waals surface area contributed by atoms with Crippen LogP contribution in [0.5, 0.6) is 5.75 Å². The second-order valence-electron chi connectivity index (χ2n) is 6.25. The molecule has 1 saturated carbocycles. The zero-order chi connectivity index (χ0) is 17.8. The highest BCUT2D eigenvalue weighted by Crippen LogP contribution is 2.37. The summed E-state index contributed by atoms with van der Waals surface area (Å²) in [6, 6.07) is 4.47. The van der Waals surface area contributed by atoms with Gasteiger partial charge in [0.15, 0.2) is 5.76 Å². The number of hydrogen-bond acceptors (Lipinski definition) is 4. The Hall–Kier alpha value is -2.76. The minimum atomic E-state index is -0.729. The van der Waals surface area contributed by atoms with E-state index in [1.807, 2.05) is 0 Å². The number of furan rings is 1. The summed E-state index contributed by atoms with van der Waals surface area (Å²) in [5, 5.41) is 3.17. The first-order chi connectivity index (χ1) is 12.1. The SMILES string of the molecule is C=CCOc1ccc2c(NC(N)=O)c(C(=O)C3CCCCC3)oc2c1. The van der Waals surface area contributed by atoms with Crippen LogP contribution in [0, 0.1) is 5.92 Å². The van der Waals surface area contributed by atoms with Crippen LogP contribution in [-0.2, 0) is 0 Å². The van der Waals surface area contributed by atoms with Gasteiger partial charge in [0.25, 0.3) is 0 Å². The molecule has 0 spiro atoms. The maximum atomic E-state index is 12.9. The van der Waals surface area contributed by atoms with E-state index in [1.165, 1.54) is 0 Å². The van der Waals surface area contributed by atoms with Crippen LogP contribution in [0.4, 0.5) is 10.5 Å². The van der Waals surface area contributed by atoms with Crippen LogP contribution in [0.1, 0.15) is 42.7 Å². The lowest BCUT2D eigenvalue weighted by Crippen LogP contribution is -2.22. The minimum Gasteiger partial charge on any atom is -0.489 e. The van der Waals surface area contributed by atoms with E-state index in [9.17, 15) is 9.59 Å². The first-order valence-electron chi connectivity index (χ1n) is 8.51. The van der Waals surface area contributed by atoms with Gasteiger partial charge < -0.3 is 20.2 Å². The summed E-state index contributed by atoms with van der Waals surface area (Å²) in [7, 11) is 0. The number of benzene rings is 1. The van der Waals surface area contributed by atoms with Gasteiger partial charge in [0.2, 0.25) is 5.78 Å². The van der Waals surface area contributed by atoms with Crippen molar-refractivity contribution in [2.45, 2.75) is 32.1 Å². The Labute approximate surface area is 146 Å². The molecule has 1 fully saturated rings. The number of hydrogen-bond donors (Lipinski definition) is 2. The standard InChI is InChI=1S/C19H22N2O4/c1-2-10-24-13-8-9-14-15(11-13)25-18(16(14)21-19(20)23)17(22)12-6-4-3-5-7-12/h2,8-9,11-12H,1,3-7,10H2,(H3,20,21,23). The fraction of sp³-hybridized carbons (Fsp3) is 0.368. The Morgan fingerprint density at radius 1 is 1.32 bits per heavy atom. The summed E-state index contributed by atoms with van der Waals surface area (Å²) in [5.41, 5.74) is 6.10.